The Labute approximate surface area is 343 Å². The van der Waals surface area contributed by atoms with Gasteiger partial charge in [0.1, 0.15) is 23.0 Å². The number of methoxy groups -OCH3 is 4. The number of benzene rings is 4. The van der Waals surface area contributed by atoms with Gasteiger partial charge in [-0.25, -0.2) is 9.59 Å². The lowest BCUT2D eigenvalue weighted by atomic mass is 10.1. The molecule has 2 unspecified atom stereocenters. The van der Waals surface area contributed by atoms with Crippen LogP contribution in [0.25, 0.3) is 0 Å². The lowest BCUT2D eigenvalue weighted by molar-refractivity contribution is -0.110. The molecule has 0 fully saturated rings. The summed E-state index contributed by atoms with van der Waals surface area (Å²) in [5.41, 5.74) is 3.58. The topological polar surface area (TPSA) is 118 Å². The van der Waals surface area contributed by atoms with Crippen molar-refractivity contribution in [3.63, 3.8) is 0 Å². The van der Waals surface area contributed by atoms with Gasteiger partial charge in [-0.3, -0.25) is 9.80 Å². The molecule has 0 aliphatic carbocycles. The average molecular weight is 802 g/mol. The smallest absolute Gasteiger partial charge is 0.412 e. The second-order valence-electron chi connectivity index (χ2n) is 14.0. The Morgan fingerprint density at radius 2 is 0.793 bits per heavy atom. The van der Waals surface area contributed by atoms with Gasteiger partial charge < -0.3 is 42.8 Å². The van der Waals surface area contributed by atoms with Crippen molar-refractivity contribution >= 4 is 12.2 Å². The van der Waals surface area contributed by atoms with Crippen molar-refractivity contribution in [1.29, 1.82) is 0 Å². The summed E-state index contributed by atoms with van der Waals surface area (Å²) in [5.74, 6) is 2.81. The van der Waals surface area contributed by atoms with Crippen LogP contribution >= 0.6 is 0 Å². The lowest BCUT2D eigenvalue weighted by Crippen LogP contribution is -2.35. The van der Waals surface area contributed by atoms with Gasteiger partial charge in [0.15, 0.2) is 0 Å². The van der Waals surface area contributed by atoms with Crippen molar-refractivity contribution in [3.05, 3.63) is 119 Å². The Balaban J connectivity index is 1.27. The van der Waals surface area contributed by atoms with Crippen LogP contribution in [0.2, 0.25) is 0 Å². The van der Waals surface area contributed by atoms with Gasteiger partial charge in [-0.2, -0.15) is 0 Å². The molecule has 0 aliphatic heterocycles. The van der Waals surface area contributed by atoms with Gasteiger partial charge in [0.2, 0.25) is 12.6 Å². The van der Waals surface area contributed by atoms with Crippen LogP contribution in [-0.2, 0) is 45.1 Å². The Hall–Kier alpha value is -5.50. The van der Waals surface area contributed by atoms with Crippen molar-refractivity contribution in [2.24, 2.45) is 0 Å². The first-order valence-corrected chi connectivity index (χ1v) is 19.3. The fraction of sp³-hybridized carbons (Fsp3) is 0.422. The summed E-state index contributed by atoms with van der Waals surface area (Å²) in [6.45, 7) is 5.33. The molecular formula is C45H59N3O10. The fourth-order valence-corrected chi connectivity index (χ4v) is 6.24. The predicted molar refractivity (Wildman–Crippen MR) is 221 cm³/mol. The van der Waals surface area contributed by atoms with Gasteiger partial charge in [-0.15, -0.1) is 0 Å². The summed E-state index contributed by atoms with van der Waals surface area (Å²) in [6.07, 6.45) is -1.30. The number of ether oxygens (including phenoxy) is 8. The number of amides is 2. The van der Waals surface area contributed by atoms with Crippen molar-refractivity contribution in [3.8, 4) is 23.0 Å². The number of hydrogen-bond donors (Lipinski definition) is 0. The molecule has 4 rings (SSSR count). The molecule has 0 radical (unpaired) electrons. The summed E-state index contributed by atoms with van der Waals surface area (Å²) in [7, 11) is 10.4. The van der Waals surface area contributed by atoms with E-state index in [1.165, 1.54) is 0 Å². The first-order chi connectivity index (χ1) is 28.0. The molecule has 314 valence electrons. The minimum absolute atomic E-state index is 0.0843. The van der Waals surface area contributed by atoms with Gasteiger partial charge in [-0.05, 0) is 112 Å². The first-order valence-electron chi connectivity index (χ1n) is 19.3. The average Bonchev–Trinajstić information content (AvgIpc) is 3.22. The molecule has 0 saturated heterocycles. The van der Waals surface area contributed by atoms with Gasteiger partial charge in [0, 0.05) is 32.2 Å². The van der Waals surface area contributed by atoms with Crippen LogP contribution < -0.4 is 18.9 Å². The van der Waals surface area contributed by atoms with Gasteiger partial charge in [-0.1, -0.05) is 48.5 Å². The molecule has 0 aromatic heterocycles. The highest BCUT2D eigenvalue weighted by molar-refractivity contribution is 5.68. The van der Waals surface area contributed by atoms with Crippen molar-refractivity contribution in [2.75, 3.05) is 55.7 Å². The van der Waals surface area contributed by atoms with Crippen LogP contribution in [-0.4, -0.2) is 101 Å². The molecule has 0 saturated carbocycles. The van der Waals surface area contributed by atoms with E-state index in [4.69, 9.17) is 37.9 Å². The summed E-state index contributed by atoms with van der Waals surface area (Å²) in [4.78, 5) is 32.4. The second-order valence-corrected chi connectivity index (χ2v) is 14.0. The molecule has 2 amide bonds. The molecule has 0 bridgehead atoms. The quantitative estimate of drug-likeness (QED) is 0.0677. The Kier molecular flexibility index (Phi) is 18.4. The van der Waals surface area contributed by atoms with Gasteiger partial charge in [0.25, 0.3) is 0 Å². The molecule has 0 heterocycles. The summed E-state index contributed by atoms with van der Waals surface area (Å²) in [5, 5.41) is 0. The van der Waals surface area contributed by atoms with Crippen LogP contribution in [0.5, 0.6) is 23.0 Å². The summed E-state index contributed by atoms with van der Waals surface area (Å²) >= 11 is 0. The Morgan fingerprint density at radius 1 is 0.500 bits per heavy atom. The lowest BCUT2D eigenvalue weighted by Gasteiger charge is -2.27. The molecule has 0 spiro atoms. The zero-order valence-corrected chi connectivity index (χ0v) is 35.1. The third kappa shape index (κ3) is 15.1. The molecular weight excluding hydrogens is 743 g/mol. The number of carbonyl (C=O) groups is 2. The van der Waals surface area contributed by atoms with Crippen LogP contribution in [0.3, 0.4) is 0 Å². The van der Waals surface area contributed by atoms with E-state index in [0.717, 1.165) is 22.3 Å². The highest BCUT2D eigenvalue weighted by Crippen LogP contribution is 2.22. The van der Waals surface area contributed by atoms with Crippen LogP contribution in [0.15, 0.2) is 97.1 Å². The third-order valence-electron chi connectivity index (χ3n) is 9.42. The Morgan fingerprint density at radius 3 is 1.05 bits per heavy atom. The normalized spacial score (nSPS) is 12.6. The SMILES string of the molecule is COc1cccc(CN(Cc2cccc(OC)c2)C(=O)OC(C)OCCC(CCOC(C)OC(=O)N(Cc2cccc(OC)c2)Cc2cccc(OC)c2)N(C)C)c1. The molecule has 0 aliphatic rings. The molecule has 13 nitrogen and oxygen atoms in total. The number of nitrogens with zero attached hydrogens (tertiary/aromatic N) is 3. The minimum atomic E-state index is -0.791. The minimum Gasteiger partial charge on any atom is -0.497 e. The number of hydrogen-bond acceptors (Lipinski definition) is 11. The van der Waals surface area contributed by atoms with E-state index in [0.29, 0.717) is 75.2 Å². The van der Waals surface area contributed by atoms with Crippen molar-refractivity contribution < 1.29 is 47.5 Å². The molecule has 13 heteroatoms. The number of carbonyl (C=O) groups excluding carboxylic acids is 2. The van der Waals surface area contributed by atoms with E-state index in [1.54, 1.807) is 52.1 Å². The van der Waals surface area contributed by atoms with E-state index >= 15 is 0 Å². The third-order valence-corrected chi connectivity index (χ3v) is 9.42. The standard InChI is InChI=1S/C45H59N3O10/c1-33(57-44(49)47(29-35-13-9-17-40(25-35)51-5)30-36-14-10-18-41(26-36)52-6)55-23-21-39(46(3)4)22-24-56-34(2)58-45(50)48(31-37-15-11-19-42(27-37)53-7)32-38-16-12-20-43(28-38)54-8/h9-20,25-28,33-34,39H,21-24,29-32H2,1-8H3. The Bertz CT molecular complexity index is 1630. The molecule has 4 aromatic carbocycles. The summed E-state index contributed by atoms with van der Waals surface area (Å²) < 4.78 is 45.1. The monoisotopic (exact) mass is 801 g/mol. The highest BCUT2D eigenvalue weighted by atomic mass is 16.7. The van der Waals surface area contributed by atoms with E-state index in [-0.39, 0.29) is 6.04 Å². The highest BCUT2D eigenvalue weighted by Gasteiger charge is 2.23. The summed E-state index contributed by atoms with van der Waals surface area (Å²) in [6, 6.07) is 30.4. The van der Waals surface area contributed by atoms with E-state index in [1.807, 2.05) is 111 Å². The maximum absolute atomic E-state index is 13.5. The van der Waals surface area contributed by atoms with Crippen LogP contribution in [0.4, 0.5) is 9.59 Å². The first kappa shape index (κ1) is 45.2. The number of rotatable bonds is 23. The van der Waals surface area contributed by atoms with Crippen LogP contribution in [0, 0.1) is 0 Å². The largest absolute Gasteiger partial charge is 0.497 e. The molecule has 0 N–H and O–H groups in total. The zero-order valence-electron chi connectivity index (χ0n) is 35.1. The predicted octanol–water partition coefficient (Wildman–Crippen LogP) is 8.13. The van der Waals surface area contributed by atoms with Gasteiger partial charge >= 0.3 is 12.2 Å². The molecule has 58 heavy (non-hydrogen) atoms. The maximum Gasteiger partial charge on any atom is 0.412 e. The van der Waals surface area contributed by atoms with E-state index in [9.17, 15) is 9.59 Å². The molecule has 4 aromatic rings. The second kappa shape index (κ2) is 23.7. The zero-order chi connectivity index (χ0) is 41.9. The van der Waals surface area contributed by atoms with Gasteiger partial charge in [0.05, 0.1) is 41.7 Å². The van der Waals surface area contributed by atoms with E-state index < -0.39 is 24.8 Å². The maximum atomic E-state index is 13.5. The fourth-order valence-electron chi connectivity index (χ4n) is 6.24. The van der Waals surface area contributed by atoms with Crippen molar-refractivity contribution in [2.45, 2.75) is 71.5 Å². The molecule has 2 atom stereocenters. The van der Waals surface area contributed by atoms with E-state index in [2.05, 4.69) is 4.90 Å². The van der Waals surface area contributed by atoms with Crippen molar-refractivity contribution in [1.82, 2.24) is 14.7 Å². The van der Waals surface area contributed by atoms with Crippen LogP contribution in [0.1, 0.15) is 48.9 Å².